The van der Waals surface area contributed by atoms with Crippen LogP contribution in [0.15, 0.2) is 24.3 Å². The van der Waals surface area contributed by atoms with E-state index in [9.17, 15) is 0 Å². The van der Waals surface area contributed by atoms with Crippen molar-refractivity contribution in [3.8, 4) is 0 Å². The van der Waals surface area contributed by atoms with Crippen molar-refractivity contribution in [2.75, 3.05) is 0 Å². The van der Waals surface area contributed by atoms with Crippen LogP contribution in [0, 0.1) is 11.3 Å². The van der Waals surface area contributed by atoms with Crippen LogP contribution in [0.25, 0.3) is 0 Å². The van der Waals surface area contributed by atoms with Gasteiger partial charge >= 0.3 is 0 Å². The molecule has 0 aliphatic heterocycles. The van der Waals surface area contributed by atoms with Gasteiger partial charge in [-0.3, -0.25) is 4.29 Å². The summed E-state index contributed by atoms with van der Waals surface area (Å²) in [4.78, 5) is 0. The predicted molar refractivity (Wildman–Crippen MR) is 67.9 cm³/mol. The lowest BCUT2D eigenvalue weighted by Crippen LogP contribution is -2.34. The number of hydrogen-bond donors (Lipinski definition) is 0. The van der Waals surface area contributed by atoms with Gasteiger partial charge < -0.3 is 0 Å². The van der Waals surface area contributed by atoms with Crippen LogP contribution >= 0.6 is 11.9 Å². The maximum Gasteiger partial charge on any atom is 0.0904 e. The fourth-order valence-electron chi connectivity index (χ4n) is 1.61. The van der Waals surface area contributed by atoms with E-state index in [1.54, 1.807) is 0 Å². The molecule has 0 aromatic heterocycles. The van der Waals surface area contributed by atoms with Crippen molar-refractivity contribution in [1.82, 2.24) is 0 Å². The first kappa shape index (κ1) is 14.7. The molecule has 1 unspecified atom stereocenters. The van der Waals surface area contributed by atoms with Crippen LogP contribution in [0.5, 0.6) is 0 Å². The second-order valence-electron chi connectivity index (χ2n) is 5.51. The second-order valence-corrected chi connectivity index (χ2v) is 5.66. The second kappa shape index (κ2) is 5.18. The van der Waals surface area contributed by atoms with Crippen LogP contribution in [0.2, 0.25) is 0 Å². The van der Waals surface area contributed by atoms with Crippen LogP contribution in [0.4, 0.5) is 0 Å². The van der Waals surface area contributed by atoms with Crippen LogP contribution in [0.3, 0.4) is 0 Å². The molecule has 0 spiro atoms. The Morgan fingerprint density at radius 1 is 1.27 bits per heavy atom. The van der Waals surface area contributed by atoms with Gasteiger partial charge in [-0.05, 0) is 19.3 Å². The summed E-state index contributed by atoms with van der Waals surface area (Å²) in [6.07, 6.45) is 3.88. The molecular weight excluding hydrogens is 208 g/mol. The molecular formula is C13H23ClO. The maximum absolute atomic E-state index is 5.53. The summed E-state index contributed by atoms with van der Waals surface area (Å²) in [5.74, 6) is 0.244. The number of allylic oxidation sites excluding steroid dienone is 2. The normalized spacial score (nSPS) is 16.3. The van der Waals surface area contributed by atoms with Crippen molar-refractivity contribution in [1.29, 1.82) is 0 Å². The first-order chi connectivity index (χ1) is 6.66. The Balaban J connectivity index is 5.14. The molecule has 0 saturated carbocycles. The van der Waals surface area contributed by atoms with Gasteiger partial charge in [0.25, 0.3) is 0 Å². The first-order valence-electron chi connectivity index (χ1n) is 5.29. The van der Waals surface area contributed by atoms with E-state index in [0.29, 0.717) is 0 Å². The Labute approximate surface area is 99.3 Å². The Kier molecular flexibility index (Phi) is 5.08. The van der Waals surface area contributed by atoms with E-state index in [1.807, 2.05) is 19.9 Å². The van der Waals surface area contributed by atoms with Gasteiger partial charge in [-0.1, -0.05) is 52.0 Å². The average Bonchev–Trinajstić information content (AvgIpc) is 2.11. The summed E-state index contributed by atoms with van der Waals surface area (Å²) in [6.45, 7) is 16.4. The molecule has 0 amide bonds. The first-order valence-corrected chi connectivity index (χ1v) is 5.60. The highest BCUT2D eigenvalue weighted by molar-refractivity contribution is 6.07. The predicted octanol–water partition coefficient (Wildman–Crippen LogP) is 4.73. The molecule has 0 bridgehead atoms. The summed E-state index contributed by atoms with van der Waals surface area (Å²) >= 11 is 5.53. The van der Waals surface area contributed by atoms with Gasteiger partial charge in [0.2, 0.25) is 0 Å². The molecule has 0 fully saturated rings. The fraction of sp³-hybridized carbons (Fsp3) is 0.692. The molecule has 2 heteroatoms. The topological polar surface area (TPSA) is 9.23 Å². The van der Waals surface area contributed by atoms with Gasteiger partial charge in [-0.2, -0.15) is 0 Å². The van der Waals surface area contributed by atoms with E-state index in [-0.39, 0.29) is 16.9 Å². The molecule has 0 aliphatic rings. The highest BCUT2D eigenvalue weighted by atomic mass is 35.5. The molecule has 0 saturated heterocycles. The van der Waals surface area contributed by atoms with Crippen molar-refractivity contribution >= 4 is 11.9 Å². The zero-order chi connectivity index (χ0) is 12.3. The smallest absolute Gasteiger partial charge is 0.0904 e. The minimum Gasteiger partial charge on any atom is -0.273 e. The number of rotatable bonds is 4. The summed E-state index contributed by atoms with van der Waals surface area (Å²) in [7, 11) is 0. The highest BCUT2D eigenvalue weighted by Gasteiger charge is 2.34. The van der Waals surface area contributed by atoms with Crippen molar-refractivity contribution < 1.29 is 4.29 Å². The summed E-state index contributed by atoms with van der Waals surface area (Å²) in [5, 5.41) is 0. The van der Waals surface area contributed by atoms with Crippen molar-refractivity contribution in [2.45, 2.75) is 47.1 Å². The fourth-order valence-corrected chi connectivity index (χ4v) is 1.75. The van der Waals surface area contributed by atoms with Gasteiger partial charge in [0.15, 0.2) is 0 Å². The molecule has 0 radical (unpaired) electrons. The van der Waals surface area contributed by atoms with E-state index in [2.05, 4.69) is 40.3 Å². The summed E-state index contributed by atoms with van der Waals surface area (Å²) in [6, 6.07) is 0. The lowest BCUT2D eigenvalue weighted by atomic mass is 9.73. The Morgan fingerprint density at radius 3 is 2.00 bits per heavy atom. The quantitative estimate of drug-likeness (QED) is 0.635. The van der Waals surface area contributed by atoms with Crippen LogP contribution < -0.4 is 0 Å². The number of hydrogen-bond acceptors (Lipinski definition) is 1. The molecule has 0 aliphatic carbocycles. The third-order valence-electron chi connectivity index (χ3n) is 2.87. The van der Waals surface area contributed by atoms with Gasteiger partial charge in [-0.25, -0.2) is 0 Å². The minimum absolute atomic E-state index is 0.0975. The highest BCUT2D eigenvalue weighted by Crippen LogP contribution is 2.38. The van der Waals surface area contributed by atoms with E-state index in [1.165, 1.54) is 5.57 Å². The lowest BCUT2D eigenvalue weighted by Gasteiger charge is -2.36. The average molecular weight is 231 g/mol. The van der Waals surface area contributed by atoms with E-state index in [0.717, 1.165) is 0 Å². The number of halogens is 1. The van der Waals surface area contributed by atoms with Crippen molar-refractivity contribution in [3.05, 3.63) is 24.3 Å². The van der Waals surface area contributed by atoms with Crippen LogP contribution in [-0.4, -0.2) is 5.60 Å². The monoisotopic (exact) mass is 230 g/mol. The van der Waals surface area contributed by atoms with Crippen LogP contribution in [0.1, 0.15) is 41.5 Å². The largest absolute Gasteiger partial charge is 0.273 e. The molecule has 1 atom stereocenters. The summed E-state index contributed by atoms with van der Waals surface area (Å²) < 4.78 is 5.02. The molecule has 0 rings (SSSR count). The molecule has 88 valence electrons. The maximum atomic E-state index is 5.53. The zero-order valence-electron chi connectivity index (χ0n) is 10.7. The zero-order valence-corrected chi connectivity index (χ0v) is 11.5. The van der Waals surface area contributed by atoms with Crippen molar-refractivity contribution in [3.63, 3.8) is 0 Å². The van der Waals surface area contributed by atoms with Gasteiger partial charge in [-0.15, -0.1) is 0 Å². The van der Waals surface area contributed by atoms with Crippen LogP contribution in [-0.2, 0) is 4.29 Å². The molecule has 0 N–H and O–H groups in total. The Hall–Kier alpha value is -0.270. The third kappa shape index (κ3) is 4.00. The van der Waals surface area contributed by atoms with Gasteiger partial charge in [0.05, 0.1) is 17.5 Å². The summed E-state index contributed by atoms with van der Waals surface area (Å²) in [5.41, 5.74) is 1.02. The SMILES string of the molecule is C=C/C=C(\C(C)C(C)(C)OCl)C(C)(C)C. The molecule has 1 nitrogen and oxygen atoms in total. The molecule has 0 heterocycles. The van der Waals surface area contributed by atoms with E-state index < -0.39 is 0 Å². The Morgan fingerprint density at radius 2 is 1.73 bits per heavy atom. The molecule has 0 aromatic carbocycles. The van der Waals surface area contributed by atoms with Gasteiger partial charge in [0.1, 0.15) is 0 Å². The standard InChI is InChI=1S/C13H23ClO/c1-8-9-11(12(3,4)5)10(2)13(6,7)15-14/h8-10H,1H2,2-7H3/b11-9+. The Bertz CT molecular complexity index is 246. The third-order valence-corrected chi connectivity index (χ3v) is 3.27. The molecule has 15 heavy (non-hydrogen) atoms. The lowest BCUT2D eigenvalue weighted by molar-refractivity contribution is 0.0712. The van der Waals surface area contributed by atoms with Crippen molar-refractivity contribution in [2.24, 2.45) is 11.3 Å². The molecule has 0 aromatic rings. The minimum atomic E-state index is -0.371. The van der Waals surface area contributed by atoms with Gasteiger partial charge in [0, 0.05) is 5.92 Å². The van der Waals surface area contributed by atoms with E-state index in [4.69, 9.17) is 16.2 Å². The van der Waals surface area contributed by atoms with E-state index >= 15 is 0 Å².